The number of thiazole rings is 1. The molecule has 6 nitrogen and oxygen atoms in total. The van der Waals surface area contributed by atoms with Gasteiger partial charge in [-0.15, -0.1) is 11.3 Å². The van der Waals surface area contributed by atoms with E-state index in [-0.39, 0.29) is 0 Å². The first-order valence-electron chi connectivity index (χ1n) is 4.88. The summed E-state index contributed by atoms with van der Waals surface area (Å²) in [6, 6.07) is 3.53. The highest BCUT2D eigenvalue weighted by Crippen LogP contribution is 2.23. The van der Waals surface area contributed by atoms with Gasteiger partial charge in [0, 0.05) is 5.38 Å². The lowest BCUT2D eigenvalue weighted by molar-refractivity contribution is 0.412. The molecule has 0 bridgehead atoms. The number of nitrogens with zero attached hydrogens (tertiary/aromatic N) is 3. The third-order valence-corrected chi connectivity index (χ3v) is 2.75. The summed E-state index contributed by atoms with van der Waals surface area (Å²) in [4.78, 5) is 8.30. The molecule has 3 aromatic heterocycles. The van der Waals surface area contributed by atoms with Gasteiger partial charge in [0.05, 0.1) is 12.1 Å². The summed E-state index contributed by atoms with van der Waals surface area (Å²) in [5, 5.41) is 5.69. The maximum Gasteiger partial charge on any atom is 0.293 e. The molecule has 0 amide bonds. The van der Waals surface area contributed by atoms with Gasteiger partial charge < -0.3 is 14.7 Å². The number of rotatable bonds is 3. The first-order valence-corrected chi connectivity index (χ1v) is 5.82. The van der Waals surface area contributed by atoms with E-state index in [9.17, 15) is 0 Å². The molecule has 0 aliphatic heterocycles. The molecule has 7 heteroatoms. The van der Waals surface area contributed by atoms with E-state index in [1.54, 1.807) is 17.6 Å². The number of hydrogen-bond donors (Lipinski definition) is 1. The standard InChI is InChI=1S/C10H8N4O2S/c11-3-6-1-2-8(15-6)10-13-9(14-16-10)7-4-17-5-12-7/h1-2,4-5H,3,11H2. The molecule has 86 valence electrons. The molecule has 3 aromatic rings. The Labute approximate surface area is 100 Å². The van der Waals surface area contributed by atoms with Gasteiger partial charge in [-0.1, -0.05) is 5.16 Å². The zero-order valence-corrected chi connectivity index (χ0v) is 9.48. The molecular weight excluding hydrogens is 240 g/mol. The number of hydrogen-bond acceptors (Lipinski definition) is 7. The molecule has 0 unspecified atom stereocenters. The van der Waals surface area contributed by atoms with Crippen molar-refractivity contribution in [2.45, 2.75) is 6.54 Å². The summed E-state index contributed by atoms with van der Waals surface area (Å²) in [6.45, 7) is 0.340. The van der Waals surface area contributed by atoms with E-state index in [2.05, 4.69) is 15.1 Å². The lowest BCUT2D eigenvalue weighted by Crippen LogP contribution is -1.92. The van der Waals surface area contributed by atoms with Crippen molar-refractivity contribution in [3.63, 3.8) is 0 Å². The van der Waals surface area contributed by atoms with Crippen LogP contribution in [0.4, 0.5) is 0 Å². The zero-order chi connectivity index (χ0) is 11.7. The Balaban J connectivity index is 1.94. The summed E-state index contributed by atoms with van der Waals surface area (Å²) in [6.07, 6.45) is 0. The number of aromatic nitrogens is 3. The molecule has 0 aliphatic rings. The second-order valence-electron chi connectivity index (χ2n) is 3.27. The van der Waals surface area contributed by atoms with Crippen molar-refractivity contribution >= 4 is 11.3 Å². The molecule has 2 N–H and O–H groups in total. The van der Waals surface area contributed by atoms with Gasteiger partial charge in [0.15, 0.2) is 5.76 Å². The molecule has 0 aromatic carbocycles. The van der Waals surface area contributed by atoms with Crippen LogP contribution in [-0.2, 0) is 6.54 Å². The predicted octanol–water partition coefficient (Wildman–Crippen LogP) is 1.91. The molecule has 0 fully saturated rings. The van der Waals surface area contributed by atoms with Gasteiger partial charge in [-0.2, -0.15) is 4.98 Å². The average Bonchev–Trinajstić information content (AvgIpc) is 3.09. The van der Waals surface area contributed by atoms with Crippen LogP contribution in [0.3, 0.4) is 0 Å². The van der Waals surface area contributed by atoms with Gasteiger partial charge in [0.1, 0.15) is 11.5 Å². The third-order valence-electron chi connectivity index (χ3n) is 2.16. The first kappa shape index (κ1) is 10.2. The lowest BCUT2D eigenvalue weighted by atomic mass is 10.4. The van der Waals surface area contributed by atoms with E-state index >= 15 is 0 Å². The summed E-state index contributed by atoms with van der Waals surface area (Å²) in [5.41, 5.74) is 7.86. The molecule has 17 heavy (non-hydrogen) atoms. The summed E-state index contributed by atoms with van der Waals surface area (Å²) >= 11 is 1.47. The highest BCUT2D eigenvalue weighted by Gasteiger charge is 2.14. The minimum absolute atomic E-state index is 0.327. The fraction of sp³-hybridized carbons (Fsp3) is 0.100. The Kier molecular flexibility index (Phi) is 2.46. The minimum Gasteiger partial charge on any atom is -0.455 e. The van der Waals surface area contributed by atoms with Crippen molar-refractivity contribution in [3.05, 3.63) is 28.8 Å². The second kappa shape index (κ2) is 4.11. The topological polar surface area (TPSA) is 91.0 Å². The largest absolute Gasteiger partial charge is 0.455 e. The third kappa shape index (κ3) is 1.85. The van der Waals surface area contributed by atoms with Crippen LogP contribution in [-0.4, -0.2) is 15.1 Å². The van der Waals surface area contributed by atoms with Gasteiger partial charge in [-0.3, -0.25) is 0 Å². The number of furan rings is 1. The Morgan fingerprint density at radius 3 is 3.00 bits per heavy atom. The highest BCUT2D eigenvalue weighted by molar-refractivity contribution is 7.07. The molecule has 0 radical (unpaired) electrons. The lowest BCUT2D eigenvalue weighted by Gasteiger charge is -1.87. The Bertz CT molecular complexity index is 614. The van der Waals surface area contributed by atoms with Crippen LogP contribution in [0.1, 0.15) is 5.76 Å². The summed E-state index contributed by atoms with van der Waals surface area (Å²) in [7, 11) is 0. The van der Waals surface area contributed by atoms with E-state index in [0.717, 1.165) is 0 Å². The van der Waals surface area contributed by atoms with Crippen LogP contribution in [0, 0.1) is 0 Å². The average molecular weight is 248 g/mol. The van der Waals surface area contributed by atoms with Gasteiger partial charge in [0.2, 0.25) is 5.82 Å². The van der Waals surface area contributed by atoms with E-state index in [1.165, 1.54) is 11.3 Å². The Morgan fingerprint density at radius 2 is 2.29 bits per heavy atom. The first-order chi connectivity index (χ1) is 8.36. The molecular formula is C10H8N4O2S. The van der Waals surface area contributed by atoms with E-state index in [1.807, 2.05) is 5.38 Å². The van der Waals surface area contributed by atoms with Crippen LogP contribution in [0.2, 0.25) is 0 Å². The second-order valence-corrected chi connectivity index (χ2v) is 3.99. The highest BCUT2D eigenvalue weighted by atomic mass is 32.1. The number of nitrogens with two attached hydrogens (primary N) is 1. The molecule has 3 heterocycles. The molecule has 3 rings (SSSR count). The predicted molar refractivity (Wildman–Crippen MR) is 61.0 cm³/mol. The van der Waals surface area contributed by atoms with Crippen molar-refractivity contribution in [2.24, 2.45) is 5.73 Å². The van der Waals surface area contributed by atoms with E-state index < -0.39 is 0 Å². The van der Waals surface area contributed by atoms with E-state index in [0.29, 0.717) is 35.5 Å². The molecule has 0 saturated heterocycles. The van der Waals surface area contributed by atoms with Crippen LogP contribution >= 0.6 is 11.3 Å². The van der Waals surface area contributed by atoms with Crippen LogP contribution in [0.5, 0.6) is 0 Å². The SMILES string of the molecule is NCc1ccc(-c2nc(-c3cscn3)no2)o1. The normalized spacial score (nSPS) is 10.9. The monoisotopic (exact) mass is 248 g/mol. The van der Waals surface area contributed by atoms with Gasteiger partial charge in [0.25, 0.3) is 5.89 Å². The molecule has 0 atom stereocenters. The van der Waals surface area contributed by atoms with E-state index in [4.69, 9.17) is 14.7 Å². The van der Waals surface area contributed by atoms with Gasteiger partial charge in [-0.25, -0.2) is 4.98 Å². The fourth-order valence-corrected chi connectivity index (χ4v) is 1.88. The fourth-order valence-electron chi connectivity index (χ4n) is 1.35. The minimum atomic E-state index is 0.327. The Morgan fingerprint density at radius 1 is 1.35 bits per heavy atom. The summed E-state index contributed by atoms with van der Waals surface area (Å²) in [5.74, 6) is 1.97. The van der Waals surface area contributed by atoms with Crippen LogP contribution in [0.25, 0.3) is 23.2 Å². The molecule has 0 saturated carbocycles. The zero-order valence-electron chi connectivity index (χ0n) is 8.66. The Hall–Kier alpha value is -1.99. The maximum absolute atomic E-state index is 5.45. The quantitative estimate of drug-likeness (QED) is 0.761. The van der Waals surface area contributed by atoms with Crippen molar-refractivity contribution in [2.75, 3.05) is 0 Å². The van der Waals surface area contributed by atoms with Crippen molar-refractivity contribution in [3.8, 4) is 23.2 Å². The van der Waals surface area contributed by atoms with Crippen LogP contribution in [0.15, 0.2) is 32.0 Å². The molecule has 0 spiro atoms. The maximum atomic E-state index is 5.45. The van der Waals surface area contributed by atoms with Crippen molar-refractivity contribution < 1.29 is 8.94 Å². The molecule has 0 aliphatic carbocycles. The van der Waals surface area contributed by atoms with Gasteiger partial charge >= 0.3 is 0 Å². The van der Waals surface area contributed by atoms with Crippen LogP contribution < -0.4 is 5.73 Å². The smallest absolute Gasteiger partial charge is 0.293 e. The summed E-state index contributed by atoms with van der Waals surface area (Å²) < 4.78 is 10.5. The van der Waals surface area contributed by atoms with Crippen molar-refractivity contribution in [1.29, 1.82) is 0 Å². The van der Waals surface area contributed by atoms with Gasteiger partial charge in [-0.05, 0) is 12.1 Å². The van der Waals surface area contributed by atoms with Crippen molar-refractivity contribution in [1.82, 2.24) is 15.1 Å².